The van der Waals surface area contributed by atoms with E-state index in [1.807, 2.05) is 0 Å². The zero-order valence-corrected chi connectivity index (χ0v) is 23.8. The largest absolute Gasteiger partial charge is 0.417 e. The number of alkyl halides is 3. The lowest BCUT2D eigenvalue weighted by molar-refractivity contribution is -0.137. The number of nitrogens with zero attached hydrogens (tertiary/aromatic N) is 5. The van der Waals surface area contributed by atoms with Crippen molar-refractivity contribution in [2.45, 2.75) is 63.2 Å². The Morgan fingerprint density at radius 3 is 2.05 bits per heavy atom. The number of carbonyl (C=O) groups is 1. The molecule has 0 radical (unpaired) electrons. The summed E-state index contributed by atoms with van der Waals surface area (Å²) in [7, 11) is 1.51. The third-order valence-corrected chi connectivity index (χ3v) is 8.49. The number of hydrogen-bond acceptors (Lipinski definition) is 6. The Kier molecular flexibility index (Phi) is 8.94. The molecular weight excluding hydrogens is 543 g/mol. The van der Waals surface area contributed by atoms with Crippen LogP contribution in [0, 0.1) is 11.3 Å². The number of aromatic nitrogens is 3. The summed E-state index contributed by atoms with van der Waals surface area (Å²) in [4.78, 5) is 22.0. The second kappa shape index (κ2) is 12.6. The third-order valence-electron chi connectivity index (χ3n) is 8.49. The second-order valence-corrected chi connectivity index (χ2v) is 11.0. The molecule has 5 rings (SSSR count). The number of likely N-dealkylation sites (tertiary alicyclic amines) is 2. The molecule has 0 unspecified atom stereocenters. The molecule has 2 aromatic heterocycles. The first kappa shape index (κ1) is 29.7. The van der Waals surface area contributed by atoms with E-state index >= 15 is 0 Å². The molecule has 2 fully saturated rings. The maximum atomic E-state index is 13.7. The Hall–Kier alpha value is -3.75. The zero-order chi connectivity index (χ0) is 29.7. The van der Waals surface area contributed by atoms with Crippen LogP contribution in [0.5, 0.6) is 0 Å². The molecular formula is C31H36F3N7O. The summed E-state index contributed by atoms with van der Waals surface area (Å²) in [5, 5.41) is 19.8. The summed E-state index contributed by atoms with van der Waals surface area (Å²) in [6.45, 7) is 3.00. The highest BCUT2D eigenvalue weighted by Gasteiger charge is 2.49. The first-order valence-corrected chi connectivity index (χ1v) is 14.6. The van der Waals surface area contributed by atoms with Crippen LogP contribution in [-0.2, 0) is 11.8 Å². The molecule has 0 spiro atoms. The number of amides is 1. The molecule has 3 aromatic rings. The molecule has 2 aliphatic rings. The van der Waals surface area contributed by atoms with Gasteiger partial charge in [0.25, 0.3) is 5.91 Å². The van der Waals surface area contributed by atoms with Gasteiger partial charge in [-0.05, 0) is 49.9 Å². The number of pyridine rings is 1. The second-order valence-electron chi connectivity index (χ2n) is 11.0. The average molecular weight is 580 g/mol. The van der Waals surface area contributed by atoms with Crippen LogP contribution >= 0.6 is 0 Å². The highest BCUT2D eigenvalue weighted by atomic mass is 19.4. The number of rotatable bonds is 6. The summed E-state index contributed by atoms with van der Waals surface area (Å²) in [6, 6.07) is 9.78. The standard InChI is InChI=1S/C31H36F3N7O/c1-36-29(42)25-18-22(10-11-23(25)19-35)28-26(21-38-39-28)30(40-14-6-2-3-7-15-40,41-16-8-4-5-9-17-41)27-13-12-24(20-37-27)31(32,33)34/h10-13,18,20-21H,2-9,14-17H2,1H3,(H,36,42)(H,38,39). The maximum absolute atomic E-state index is 13.7. The fraction of sp³-hybridized carbons (Fsp3) is 0.484. The number of nitriles is 1. The van der Waals surface area contributed by atoms with Gasteiger partial charge in [0.2, 0.25) is 0 Å². The summed E-state index contributed by atoms with van der Waals surface area (Å²) >= 11 is 0. The van der Waals surface area contributed by atoms with Gasteiger partial charge in [0, 0.05) is 50.6 Å². The number of benzene rings is 1. The van der Waals surface area contributed by atoms with E-state index in [2.05, 4.69) is 36.4 Å². The minimum atomic E-state index is -4.50. The van der Waals surface area contributed by atoms with Crippen LogP contribution < -0.4 is 5.32 Å². The summed E-state index contributed by atoms with van der Waals surface area (Å²) in [6.07, 6.45) is 6.34. The smallest absolute Gasteiger partial charge is 0.355 e. The van der Waals surface area contributed by atoms with Crippen molar-refractivity contribution >= 4 is 5.91 Å². The number of nitrogens with one attached hydrogen (secondary N) is 2. The van der Waals surface area contributed by atoms with Gasteiger partial charge in [-0.2, -0.15) is 23.5 Å². The fourth-order valence-corrected chi connectivity index (χ4v) is 6.45. The SMILES string of the molecule is CNC(=O)c1cc(-c2[nH]ncc2C(c2ccc(C(F)(F)F)cn2)(N2CCCCCC2)N2CCCCCC2)ccc1C#N. The number of halogens is 3. The molecule has 8 nitrogen and oxygen atoms in total. The van der Waals surface area contributed by atoms with Crippen LogP contribution in [0.2, 0.25) is 0 Å². The summed E-state index contributed by atoms with van der Waals surface area (Å²) < 4.78 is 41.0. The van der Waals surface area contributed by atoms with Crippen molar-refractivity contribution in [3.8, 4) is 17.3 Å². The highest BCUT2D eigenvalue weighted by Crippen LogP contribution is 2.45. The van der Waals surface area contributed by atoms with Crippen molar-refractivity contribution in [1.29, 1.82) is 5.26 Å². The summed E-state index contributed by atoms with van der Waals surface area (Å²) in [5.74, 6) is -0.384. The molecule has 1 aromatic carbocycles. The first-order valence-electron chi connectivity index (χ1n) is 14.6. The molecule has 42 heavy (non-hydrogen) atoms. The van der Waals surface area contributed by atoms with Crippen LogP contribution in [0.25, 0.3) is 11.3 Å². The van der Waals surface area contributed by atoms with Gasteiger partial charge in [0.1, 0.15) is 5.66 Å². The van der Waals surface area contributed by atoms with Crippen molar-refractivity contribution in [3.63, 3.8) is 0 Å². The van der Waals surface area contributed by atoms with Crippen LogP contribution in [0.4, 0.5) is 13.2 Å². The van der Waals surface area contributed by atoms with E-state index in [4.69, 9.17) is 0 Å². The van der Waals surface area contributed by atoms with Crippen LogP contribution in [0.3, 0.4) is 0 Å². The third kappa shape index (κ3) is 5.65. The Labute approximate surface area is 243 Å². The maximum Gasteiger partial charge on any atom is 0.417 e. The Morgan fingerprint density at radius 1 is 0.929 bits per heavy atom. The summed E-state index contributed by atoms with van der Waals surface area (Å²) in [5.41, 5.74) is 1.27. The first-order chi connectivity index (χ1) is 20.3. The van der Waals surface area contributed by atoms with Crippen LogP contribution in [0.1, 0.15) is 84.1 Å². The zero-order valence-electron chi connectivity index (χ0n) is 23.8. The van der Waals surface area contributed by atoms with Gasteiger partial charge in [-0.25, -0.2) is 0 Å². The number of H-pyrrole nitrogens is 1. The molecule has 2 saturated heterocycles. The van der Waals surface area contributed by atoms with Gasteiger partial charge in [0.15, 0.2) is 0 Å². The van der Waals surface area contributed by atoms with E-state index in [1.165, 1.54) is 13.1 Å². The Morgan fingerprint density at radius 2 is 1.55 bits per heavy atom. The molecule has 1 amide bonds. The molecule has 11 heteroatoms. The monoisotopic (exact) mass is 579 g/mol. The van der Waals surface area contributed by atoms with Gasteiger partial charge in [0.05, 0.1) is 40.3 Å². The van der Waals surface area contributed by atoms with E-state index in [0.717, 1.165) is 95.4 Å². The quantitative estimate of drug-likeness (QED) is 0.390. The molecule has 2 N–H and O–H groups in total. The van der Waals surface area contributed by atoms with E-state index < -0.39 is 17.4 Å². The molecule has 0 bridgehead atoms. The Bertz CT molecular complexity index is 1390. The topological polar surface area (TPSA) is 101 Å². The average Bonchev–Trinajstić information content (AvgIpc) is 3.16. The molecule has 4 heterocycles. The lowest BCUT2D eigenvalue weighted by Crippen LogP contribution is -2.60. The van der Waals surface area contributed by atoms with Crippen molar-refractivity contribution in [1.82, 2.24) is 30.3 Å². The van der Waals surface area contributed by atoms with Crippen LogP contribution in [-0.4, -0.2) is 64.1 Å². The van der Waals surface area contributed by atoms with Gasteiger partial charge in [-0.1, -0.05) is 31.7 Å². The predicted molar refractivity (Wildman–Crippen MR) is 152 cm³/mol. The number of aromatic amines is 1. The minimum absolute atomic E-state index is 0.237. The molecule has 222 valence electrons. The van der Waals surface area contributed by atoms with Gasteiger partial charge >= 0.3 is 6.18 Å². The van der Waals surface area contributed by atoms with Crippen molar-refractivity contribution in [3.05, 3.63) is 70.7 Å². The lowest BCUT2D eigenvalue weighted by Gasteiger charge is -2.50. The highest BCUT2D eigenvalue weighted by molar-refractivity contribution is 5.97. The van der Waals surface area contributed by atoms with Crippen LogP contribution in [0.15, 0.2) is 42.7 Å². The van der Waals surface area contributed by atoms with Gasteiger partial charge in [-0.3, -0.25) is 24.7 Å². The molecule has 0 aliphatic carbocycles. The lowest BCUT2D eigenvalue weighted by atomic mass is 9.87. The van der Waals surface area contributed by atoms with Crippen molar-refractivity contribution in [2.75, 3.05) is 33.2 Å². The van der Waals surface area contributed by atoms with Gasteiger partial charge in [-0.15, -0.1) is 0 Å². The van der Waals surface area contributed by atoms with Crippen molar-refractivity contribution in [2.24, 2.45) is 0 Å². The van der Waals surface area contributed by atoms with E-state index in [1.54, 1.807) is 24.4 Å². The van der Waals surface area contributed by atoms with Crippen molar-refractivity contribution < 1.29 is 18.0 Å². The predicted octanol–water partition coefficient (Wildman–Crippen LogP) is 5.67. The normalized spacial score (nSPS) is 17.7. The number of carbonyl (C=O) groups excluding carboxylic acids is 1. The van der Waals surface area contributed by atoms with E-state index in [9.17, 15) is 23.2 Å². The Balaban J connectivity index is 1.77. The minimum Gasteiger partial charge on any atom is -0.355 e. The number of hydrogen-bond donors (Lipinski definition) is 2. The van der Waals surface area contributed by atoms with Gasteiger partial charge < -0.3 is 5.32 Å². The molecule has 2 aliphatic heterocycles. The van der Waals surface area contributed by atoms with E-state index in [-0.39, 0.29) is 17.0 Å². The van der Waals surface area contributed by atoms with E-state index in [0.29, 0.717) is 17.0 Å². The fourth-order valence-electron chi connectivity index (χ4n) is 6.45. The molecule has 0 saturated carbocycles. The molecule has 0 atom stereocenters.